The Balaban J connectivity index is 1.27. The number of carbonyl (C=O) groups is 1. The fraction of sp³-hybridized carbons (Fsp3) is 0.421. The third-order valence-corrected chi connectivity index (χ3v) is 7.81. The van der Waals surface area contributed by atoms with Gasteiger partial charge in [-0.2, -0.15) is 0 Å². The predicted octanol–water partition coefficient (Wildman–Crippen LogP) is 10.3. The molecule has 0 aromatic heterocycles. The number of hydrogen-bond donors (Lipinski definition) is 0. The van der Waals surface area contributed by atoms with Crippen LogP contribution < -0.4 is 4.74 Å². The summed E-state index contributed by atoms with van der Waals surface area (Å²) in [7, 11) is 0. The van der Waals surface area contributed by atoms with Gasteiger partial charge in [0, 0.05) is 5.56 Å². The Morgan fingerprint density at radius 2 is 1.19 bits per heavy atom. The van der Waals surface area contributed by atoms with Crippen LogP contribution in [0.3, 0.4) is 0 Å². The highest BCUT2D eigenvalue weighted by Gasteiger charge is 2.24. The number of hydrogen-bond acceptors (Lipinski definition) is 4. The van der Waals surface area contributed by atoms with E-state index in [4.69, 9.17) is 9.47 Å². The second-order valence-electron chi connectivity index (χ2n) is 11.3. The van der Waals surface area contributed by atoms with Gasteiger partial charge in [0.1, 0.15) is 5.75 Å². The van der Waals surface area contributed by atoms with Gasteiger partial charge >= 0.3 is 5.97 Å². The van der Waals surface area contributed by atoms with E-state index in [1.165, 1.54) is 81.8 Å². The van der Waals surface area contributed by atoms with Gasteiger partial charge in [0.15, 0.2) is 5.70 Å². The van der Waals surface area contributed by atoms with Crippen molar-refractivity contribution in [3.8, 4) is 16.9 Å². The lowest BCUT2D eigenvalue weighted by Crippen LogP contribution is -2.05. The lowest BCUT2D eigenvalue weighted by molar-refractivity contribution is -0.129. The standard InChI is InChI=1S/C38H47NO3/c1-3-5-7-9-11-13-15-30-16-20-32(21-17-30)33-22-24-34(25-23-33)37-39-36(38(40)42-37)29-31-18-26-35(27-19-31)41-28-14-12-10-8-6-4-2/h16-27,29H,3-15,28H2,1-2H3/b36-29-. The minimum Gasteiger partial charge on any atom is -0.494 e. The molecule has 1 heterocycles. The normalized spacial score (nSPS) is 13.8. The second kappa shape index (κ2) is 17.3. The van der Waals surface area contributed by atoms with E-state index >= 15 is 0 Å². The molecular weight excluding hydrogens is 518 g/mol. The Morgan fingerprint density at radius 3 is 1.83 bits per heavy atom. The van der Waals surface area contributed by atoms with Gasteiger partial charge in [0.2, 0.25) is 5.90 Å². The van der Waals surface area contributed by atoms with Crippen molar-refractivity contribution in [2.75, 3.05) is 6.61 Å². The number of ether oxygens (including phenoxy) is 2. The second-order valence-corrected chi connectivity index (χ2v) is 11.3. The van der Waals surface area contributed by atoms with Crippen molar-refractivity contribution in [1.82, 2.24) is 0 Å². The van der Waals surface area contributed by atoms with E-state index in [-0.39, 0.29) is 0 Å². The molecule has 4 heteroatoms. The molecule has 0 bridgehead atoms. The number of rotatable bonds is 18. The SMILES string of the molecule is CCCCCCCCOc1ccc(/C=C2\N=C(c3ccc(-c4ccc(CCCCCCCC)cc4)cc3)OC2=O)cc1. The van der Waals surface area contributed by atoms with Crippen molar-refractivity contribution in [3.63, 3.8) is 0 Å². The van der Waals surface area contributed by atoms with Gasteiger partial charge in [-0.25, -0.2) is 9.79 Å². The summed E-state index contributed by atoms with van der Waals surface area (Å²) in [6.45, 7) is 5.23. The molecule has 0 atom stereocenters. The van der Waals surface area contributed by atoms with Gasteiger partial charge < -0.3 is 9.47 Å². The molecule has 4 rings (SSSR count). The maximum Gasteiger partial charge on any atom is 0.363 e. The minimum absolute atomic E-state index is 0.302. The highest BCUT2D eigenvalue weighted by Crippen LogP contribution is 2.25. The Labute approximate surface area is 252 Å². The van der Waals surface area contributed by atoms with Gasteiger partial charge in [0.25, 0.3) is 0 Å². The molecule has 0 unspecified atom stereocenters. The van der Waals surface area contributed by atoms with Crippen molar-refractivity contribution >= 4 is 17.9 Å². The fourth-order valence-corrected chi connectivity index (χ4v) is 5.20. The van der Waals surface area contributed by atoms with Crippen LogP contribution in [0.15, 0.2) is 83.5 Å². The lowest BCUT2D eigenvalue weighted by atomic mass is 10.00. The van der Waals surface area contributed by atoms with Gasteiger partial charge in [-0.05, 0) is 71.9 Å². The zero-order chi connectivity index (χ0) is 29.4. The zero-order valence-corrected chi connectivity index (χ0v) is 25.6. The number of aliphatic imine (C=N–C) groups is 1. The van der Waals surface area contributed by atoms with Crippen LogP contribution in [0.4, 0.5) is 0 Å². The average Bonchev–Trinajstić information content (AvgIpc) is 3.39. The molecule has 0 aliphatic carbocycles. The quantitative estimate of drug-likeness (QED) is 0.0875. The maximum absolute atomic E-state index is 12.5. The van der Waals surface area contributed by atoms with Crippen molar-refractivity contribution in [1.29, 1.82) is 0 Å². The molecule has 0 saturated carbocycles. The summed E-state index contributed by atoms with van der Waals surface area (Å²) in [4.78, 5) is 17.0. The van der Waals surface area contributed by atoms with Gasteiger partial charge in [-0.15, -0.1) is 0 Å². The van der Waals surface area contributed by atoms with Crippen LogP contribution in [-0.2, 0) is 16.0 Å². The monoisotopic (exact) mass is 565 g/mol. The molecule has 4 nitrogen and oxygen atoms in total. The number of carbonyl (C=O) groups excluding carboxylic acids is 1. The van der Waals surface area contributed by atoms with Crippen LogP contribution in [0.5, 0.6) is 5.75 Å². The smallest absolute Gasteiger partial charge is 0.363 e. The summed E-state index contributed by atoms with van der Waals surface area (Å²) in [6.07, 6.45) is 18.3. The summed E-state index contributed by atoms with van der Waals surface area (Å²) in [5.74, 6) is 0.751. The van der Waals surface area contributed by atoms with Crippen LogP contribution in [0.25, 0.3) is 17.2 Å². The number of nitrogens with zero attached hydrogens (tertiary/aromatic N) is 1. The molecule has 0 saturated heterocycles. The topological polar surface area (TPSA) is 47.9 Å². The first kappa shape index (κ1) is 31.3. The van der Waals surface area contributed by atoms with Gasteiger partial charge in [-0.3, -0.25) is 0 Å². The molecule has 0 amide bonds. The summed E-state index contributed by atoms with van der Waals surface area (Å²) < 4.78 is 11.4. The molecule has 42 heavy (non-hydrogen) atoms. The molecule has 3 aromatic rings. The Hall–Kier alpha value is -3.66. The first-order chi connectivity index (χ1) is 20.7. The van der Waals surface area contributed by atoms with Gasteiger partial charge in [0.05, 0.1) is 6.61 Å². The Kier molecular flexibility index (Phi) is 12.9. The third kappa shape index (κ3) is 10.0. The van der Waals surface area contributed by atoms with E-state index in [1.807, 2.05) is 36.4 Å². The average molecular weight is 566 g/mol. The molecule has 0 radical (unpaired) electrons. The molecule has 1 aliphatic rings. The molecule has 0 spiro atoms. The van der Waals surface area contributed by atoms with Crippen molar-refractivity contribution < 1.29 is 14.3 Å². The molecule has 3 aromatic carbocycles. The van der Waals surface area contributed by atoms with Crippen LogP contribution in [0.1, 0.15) is 108 Å². The maximum atomic E-state index is 12.5. The largest absolute Gasteiger partial charge is 0.494 e. The molecule has 0 N–H and O–H groups in total. The first-order valence-corrected chi connectivity index (χ1v) is 16.1. The third-order valence-electron chi connectivity index (χ3n) is 7.81. The summed E-state index contributed by atoms with van der Waals surface area (Å²) in [5, 5.41) is 0. The molecular formula is C38H47NO3. The Morgan fingerprint density at radius 1 is 0.643 bits per heavy atom. The summed E-state index contributed by atoms with van der Waals surface area (Å²) in [6, 6.07) is 24.7. The van der Waals surface area contributed by atoms with Crippen LogP contribution >= 0.6 is 0 Å². The van der Waals surface area contributed by atoms with Gasteiger partial charge in [-0.1, -0.05) is 127 Å². The number of cyclic esters (lactones) is 1. The van der Waals surface area contributed by atoms with Crippen molar-refractivity contribution in [2.24, 2.45) is 4.99 Å². The Bertz CT molecular complexity index is 1290. The number of unbranched alkanes of at least 4 members (excludes halogenated alkanes) is 10. The number of esters is 1. The van der Waals surface area contributed by atoms with Crippen LogP contribution in [-0.4, -0.2) is 18.5 Å². The summed E-state index contributed by atoms with van der Waals surface area (Å²) >= 11 is 0. The highest BCUT2D eigenvalue weighted by atomic mass is 16.6. The summed E-state index contributed by atoms with van der Waals surface area (Å²) in [5.41, 5.74) is 5.68. The van der Waals surface area contributed by atoms with E-state index < -0.39 is 5.97 Å². The molecule has 0 fully saturated rings. The zero-order valence-electron chi connectivity index (χ0n) is 25.6. The lowest BCUT2D eigenvalue weighted by Gasteiger charge is -2.06. The highest BCUT2D eigenvalue weighted by molar-refractivity contribution is 6.13. The number of aryl methyl sites for hydroxylation is 1. The van der Waals surface area contributed by atoms with E-state index in [0.29, 0.717) is 11.6 Å². The fourth-order valence-electron chi connectivity index (χ4n) is 5.20. The van der Waals surface area contributed by atoms with Crippen LogP contribution in [0, 0.1) is 0 Å². The number of benzene rings is 3. The molecule has 1 aliphatic heterocycles. The van der Waals surface area contributed by atoms with Crippen molar-refractivity contribution in [3.05, 3.63) is 95.2 Å². The van der Waals surface area contributed by atoms with E-state index in [9.17, 15) is 4.79 Å². The van der Waals surface area contributed by atoms with Crippen molar-refractivity contribution in [2.45, 2.75) is 97.3 Å². The van der Waals surface area contributed by atoms with E-state index in [1.54, 1.807) is 6.08 Å². The van der Waals surface area contributed by atoms with E-state index in [0.717, 1.165) is 41.9 Å². The predicted molar refractivity (Wildman–Crippen MR) is 175 cm³/mol. The molecule has 222 valence electrons. The van der Waals surface area contributed by atoms with E-state index in [2.05, 4.69) is 55.2 Å². The first-order valence-electron chi connectivity index (χ1n) is 16.1. The minimum atomic E-state index is -0.432. The van der Waals surface area contributed by atoms with Crippen LogP contribution in [0.2, 0.25) is 0 Å².